The summed E-state index contributed by atoms with van der Waals surface area (Å²) in [7, 11) is 1.65. The van der Waals surface area contributed by atoms with Crippen LogP contribution in [-0.2, 0) is 4.79 Å². The van der Waals surface area contributed by atoms with Gasteiger partial charge < -0.3 is 15.3 Å². The molecular weight excluding hydrogens is 232 g/mol. The van der Waals surface area contributed by atoms with Crippen LogP contribution in [0.5, 0.6) is 0 Å². The van der Waals surface area contributed by atoms with Gasteiger partial charge in [-0.1, -0.05) is 0 Å². The van der Waals surface area contributed by atoms with Gasteiger partial charge in [-0.2, -0.15) is 0 Å². The fraction of sp³-hybridized carbons (Fsp3) is 0.846. The Bertz CT molecular complexity index is 315. The maximum atomic E-state index is 11.5. The lowest BCUT2D eigenvalue weighted by molar-refractivity contribution is -0.125. The molecule has 104 valence electrons. The van der Waals surface area contributed by atoms with Gasteiger partial charge in [-0.3, -0.25) is 4.79 Å². The molecule has 0 unspecified atom stereocenters. The number of hydrogen-bond acceptors (Lipinski definition) is 2. The second-order valence-electron chi connectivity index (χ2n) is 5.94. The number of rotatable bonds is 2. The summed E-state index contributed by atoms with van der Waals surface area (Å²) in [5.74, 6) is 0.118. The molecule has 0 atom stereocenters. The highest BCUT2D eigenvalue weighted by atomic mass is 16.4. The molecule has 0 saturated heterocycles. The van der Waals surface area contributed by atoms with Crippen LogP contribution in [0.2, 0.25) is 0 Å². The van der Waals surface area contributed by atoms with Gasteiger partial charge in [0.25, 0.3) is 0 Å². The van der Waals surface area contributed by atoms with Gasteiger partial charge in [-0.15, -0.1) is 0 Å². The summed E-state index contributed by atoms with van der Waals surface area (Å²) in [4.78, 5) is 24.4. The predicted octanol–water partition coefficient (Wildman–Crippen LogP) is 2.07. The van der Waals surface area contributed by atoms with Crippen LogP contribution in [0.15, 0.2) is 0 Å². The van der Waals surface area contributed by atoms with E-state index in [2.05, 4.69) is 5.32 Å². The molecule has 18 heavy (non-hydrogen) atoms. The van der Waals surface area contributed by atoms with Crippen molar-refractivity contribution in [2.75, 3.05) is 7.05 Å². The van der Waals surface area contributed by atoms with Gasteiger partial charge in [0.05, 0.1) is 0 Å². The zero-order valence-corrected chi connectivity index (χ0v) is 11.7. The average Bonchev–Trinajstić information content (AvgIpc) is 2.26. The molecule has 0 aromatic heterocycles. The van der Waals surface area contributed by atoms with Gasteiger partial charge in [0, 0.05) is 24.5 Å². The van der Waals surface area contributed by atoms with Gasteiger partial charge in [-0.05, 0) is 46.5 Å². The number of hydrogen-bond donors (Lipinski definition) is 2. The van der Waals surface area contributed by atoms with Crippen molar-refractivity contribution in [3.8, 4) is 0 Å². The number of nitrogens with zero attached hydrogens (tertiary/aromatic N) is 1. The van der Waals surface area contributed by atoms with Crippen LogP contribution in [0, 0.1) is 5.92 Å². The smallest absolute Gasteiger partial charge is 0.407 e. The first-order valence-corrected chi connectivity index (χ1v) is 6.51. The van der Waals surface area contributed by atoms with E-state index in [0.717, 1.165) is 25.7 Å². The van der Waals surface area contributed by atoms with E-state index in [1.54, 1.807) is 7.05 Å². The summed E-state index contributed by atoms with van der Waals surface area (Å²) in [6, 6.07) is 0.0309. The minimum Gasteiger partial charge on any atom is -0.465 e. The quantitative estimate of drug-likeness (QED) is 0.794. The lowest BCUT2D eigenvalue weighted by atomic mass is 9.83. The van der Waals surface area contributed by atoms with Crippen LogP contribution >= 0.6 is 0 Å². The Kier molecular flexibility index (Phi) is 4.59. The van der Waals surface area contributed by atoms with Crippen molar-refractivity contribution in [1.29, 1.82) is 0 Å². The van der Waals surface area contributed by atoms with Crippen molar-refractivity contribution >= 4 is 12.0 Å². The molecule has 2 N–H and O–H groups in total. The highest BCUT2D eigenvalue weighted by molar-refractivity contribution is 5.78. The van der Waals surface area contributed by atoms with E-state index in [9.17, 15) is 14.7 Å². The normalized spacial score (nSPS) is 24.4. The first-order chi connectivity index (χ1) is 8.27. The Morgan fingerprint density at radius 2 is 1.67 bits per heavy atom. The molecule has 0 aromatic carbocycles. The number of carboxylic acid groups (broad SMARTS) is 1. The van der Waals surface area contributed by atoms with E-state index in [1.807, 2.05) is 20.8 Å². The van der Waals surface area contributed by atoms with Crippen LogP contribution in [0.4, 0.5) is 4.79 Å². The lowest BCUT2D eigenvalue weighted by Crippen LogP contribution is -2.52. The van der Waals surface area contributed by atoms with Crippen molar-refractivity contribution in [3.05, 3.63) is 0 Å². The van der Waals surface area contributed by atoms with Gasteiger partial charge in [0.1, 0.15) is 0 Å². The van der Waals surface area contributed by atoms with Crippen molar-refractivity contribution in [1.82, 2.24) is 10.2 Å². The number of carbonyl (C=O) groups excluding carboxylic acids is 1. The number of nitrogens with one attached hydrogen (secondary N) is 1. The molecule has 0 bridgehead atoms. The first kappa shape index (κ1) is 14.8. The van der Waals surface area contributed by atoms with Crippen molar-refractivity contribution in [2.24, 2.45) is 5.92 Å². The van der Waals surface area contributed by atoms with Gasteiger partial charge >= 0.3 is 6.09 Å². The third-order valence-electron chi connectivity index (χ3n) is 3.61. The average molecular weight is 256 g/mol. The zero-order valence-electron chi connectivity index (χ0n) is 11.7. The van der Waals surface area contributed by atoms with Crippen LogP contribution in [0.25, 0.3) is 0 Å². The molecule has 5 nitrogen and oxygen atoms in total. The molecule has 5 heteroatoms. The Labute approximate surface area is 109 Å². The summed E-state index contributed by atoms with van der Waals surface area (Å²) in [6.07, 6.45) is 2.20. The largest absolute Gasteiger partial charge is 0.465 e. The van der Waals surface area contributed by atoms with E-state index in [1.165, 1.54) is 4.90 Å². The second kappa shape index (κ2) is 5.59. The number of amides is 2. The summed E-state index contributed by atoms with van der Waals surface area (Å²) in [5, 5.41) is 12.0. The van der Waals surface area contributed by atoms with Crippen LogP contribution in [-0.4, -0.2) is 40.6 Å². The molecule has 0 aliphatic heterocycles. The molecule has 0 spiro atoms. The number of carbonyl (C=O) groups is 2. The lowest BCUT2D eigenvalue weighted by Gasteiger charge is -2.42. The summed E-state index contributed by atoms with van der Waals surface area (Å²) in [6.45, 7) is 5.73. The highest BCUT2D eigenvalue weighted by Crippen LogP contribution is 2.31. The Balaban J connectivity index is 2.66. The molecular formula is C13H24N2O3. The highest BCUT2D eigenvalue weighted by Gasteiger charge is 2.36. The Morgan fingerprint density at radius 3 is 2.00 bits per heavy atom. The summed E-state index contributed by atoms with van der Waals surface area (Å²) in [5.41, 5.74) is -0.393. The maximum Gasteiger partial charge on any atom is 0.407 e. The third-order valence-corrected chi connectivity index (χ3v) is 3.61. The Hall–Kier alpha value is -1.26. The molecule has 1 saturated carbocycles. The molecule has 1 aliphatic carbocycles. The second-order valence-corrected chi connectivity index (χ2v) is 5.94. The van der Waals surface area contributed by atoms with E-state index in [0.29, 0.717) is 0 Å². The molecule has 0 heterocycles. The van der Waals surface area contributed by atoms with Crippen molar-refractivity contribution in [2.45, 2.75) is 58.0 Å². The summed E-state index contributed by atoms with van der Waals surface area (Å²) < 4.78 is 0. The molecule has 1 rings (SSSR count). The summed E-state index contributed by atoms with van der Waals surface area (Å²) >= 11 is 0. The SMILES string of the molecule is CNC(=O)[C@H]1CC[C@H](N(C(=O)O)C(C)(C)C)CC1. The van der Waals surface area contributed by atoms with Gasteiger partial charge in [-0.25, -0.2) is 4.79 Å². The first-order valence-electron chi connectivity index (χ1n) is 6.51. The van der Waals surface area contributed by atoms with Crippen LogP contribution in [0.3, 0.4) is 0 Å². The van der Waals surface area contributed by atoms with E-state index in [4.69, 9.17) is 0 Å². The van der Waals surface area contributed by atoms with E-state index >= 15 is 0 Å². The van der Waals surface area contributed by atoms with Gasteiger partial charge in [0.15, 0.2) is 0 Å². The van der Waals surface area contributed by atoms with Crippen LogP contribution < -0.4 is 5.32 Å². The molecule has 0 radical (unpaired) electrons. The Morgan fingerprint density at radius 1 is 1.17 bits per heavy atom. The maximum absolute atomic E-state index is 11.5. The molecule has 2 amide bonds. The fourth-order valence-electron chi connectivity index (χ4n) is 2.79. The van der Waals surface area contributed by atoms with Gasteiger partial charge in [0.2, 0.25) is 5.91 Å². The monoisotopic (exact) mass is 256 g/mol. The van der Waals surface area contributed by atoms with Crippen molar-refractivity contribution < 1.29 is 14.7 Å². The van der Waals surface area contributed by atoms with Crippen molar-refractivity contribution in [3.63, 3.8) is 0 Å². The van der Waals surface area contributed by atoms with E-state index in [-0.39, 0.29) is 17.9 Å². The topological polar surface area (TPSA) is 69.6 Å². The minimum atomic E-state index is -0.870. The molecule has 0 aromatic rings. The zero-order chi connectivity index (χ0) is 13.9. The van der Waals surface area contributed by atoms with E-state index < -0.39 is 11.6 Å². The fourth-order valence-corrected chi connectivity index (χ4v) is 2.79. The standard InChI is InChI=1S/C13H24N2O3/c1-13(2,3)15(12(17)18)10-7-5-9(6-8-10)11(16)14-4/h9-10H,5-8H2,1-4H3,(H,14,16)(H,17,18)/t9-,10-. The third kappa shape index (κ3) is 3.37. The molecule has 1 aliphatic rings. The van der Waals surface area contributed by atoms with Crippen LogP contribution in [0.1, 0.15) is 46.5 Å². The minimum absolute atomic E-state index is 0.0309. The predicted molar refractivity (Wildman–Crippen MR) is 69.4 cm³/mol. The molecule has 1 fully saturated rings.